The van der Waals surface area contributed by atoms with E-state index in [0.717, 1.165) is 0 Å². The molecule has 1 unspecified atom stereocenters. The molecule has 1 aliphatic heterocycles. The van der Waals surface area contributed by atoms with E-state index < -0.39 is 15.6 Å². The third kappa shape index (κ3) is 3.25. The predicted molar refractivity (Wildman–Crippen MR) is 79.1 cm³/mol. The van der Waals surface area contributed by atoms with Crippen molar-refractivity contribution in [2.45, 2.75) is 36.7 Å². The van der Waals surface area contributed by atoms with Gasteiger partial charge in [0.15, 0.2) is 0 Å². The van der Waals surface area contributed by atoms with Crippen LogP contribution >= 0.6 is 11.6 Å². The standard InChI is InChI=1S/C13H19ClN2O3S/c1-13(17)5-2-7-16(8-6-13)20(18,19)12-9-10(14)3-4-11(12)15/h3-4,9,17H,2,5-8,15H2,1H3. The second kappa shape index (κ2) is 5.52. The van der Waals surface area contributed by atoms with E-state index >= 15 is 0 Å². The molecule has 0 spiro atoms. The fourth-order valence-corrected chi connectivity index (χ4v) is 4.21. The van der Waals surface area contributed by atoms with Gasteiger partial charge in [-0.25, -0.2) is 8.42 Å². The highest BCUT2D eigenvalue weighted by Crippen LogP contribution is 2.29. The summed E-state index contributed by atoms with van der Waals surface area (Å²) in [7, 11) is -3.68. The molecular formula is C13H19ClN2O3S. The van der Waals surface area contributed by atoms with Crippen LogP contribution in [0.25, 0.3) is 0 Å². The van der Waals surface area contributed by atoms with E-state index in [0.29, 0.717) is 30.8 Å². The van der Waals surface area contributed by atoms with Gasteiger partial charge in [-0.3, -0.25) is 0 Å². The van der Waals surface area contributed by atoms with E-state index in [2.05, 4.69) is 0 Å². The first-order valence-electron chi connectivity index (χ1n) is 6.50. The van der Waals surface area contributed by atoms with E-state index in [1.54, 1.807) is 13.0 Å². The third-order valence-electron chi connectivity index (χ3n) is 3.62. The van der Waals surface area contributed by atoms with Crippen LogP contribution in [0.3, 0.4) is 0 Å². The molecule has 1 aromatic carbocycles. The minimum atomic E-state index is -3.68. The highest BCUT2D eigenvalue weighted by atomic mass is 35.5. The Morgan fingerprint density at radius 2 is 2.05 bits per heavy atom. The lowest BCUT2D eigenvalue weighted by atomic mass is 9.98. The molecule has 0 radical (unpaired) electrons. The van der Waals surface area contributed by atoms with E-state index in [4.69, 9.17) is 17.3 Å². The second-order valence-electron chi connectivity index (χ2n) is 5.44. The van der Waals surface area contributed by atoms with Gasteiger partial charge in [0, 0.05) is 18.1 Å². The largest absolute Gasteiger partial charge is 0.398 e. The molecular weight excluding hydrogens is 300 g/mol. The molecule has 0 aromatic heterocycles. The minimum Gasteiger partial charge on any atom is -0.398 e. The van der Waals surface area contributed by atoms with E-state index in [1.807, 2.05) is 0 Å². The zero-order valence-corrected chi connectivity index (χ0v) is 12.9. The molecule has 1 aromatic rings. The van der Waals surface area contributed by atoms with Crippen LogP contribution in [0.1, 0.15) is 26.2 Å². The lowest BCUT2D eigenvalue weighted by Crippen LogP contribution is -2.34. The Kier molecular flexibility index (Phi) is 4.30. The second-order valence-corrected chi connectivity index (χ2v) is 7.78. The summed E-state index contributed by atoms with van der Waals surface area (Å²) in [5, 5.41) is 10.4. The van der Waals surface area contributed by atoms with Crippen LogP contribution < -0.4 is 5.73 Å². The third-order valence-corrected chi connectivity index (χ3v) is 5.81. The molecule has 0 saturated carbocycles. The molecule has 0 aliphatic carbocycles. The Bertz CT molecular complexity index is 602. The maximum atomic E-state index is 12.6. The summed E-state index contributed by atoms with van der Waals surface area (Å²) in [5.74, 6) is 0. The number of halogens is 1. The number of hydrogen-bond acceptors (Lipinski definition) is 4. The average molecular weight is 319 g/mol. The van der Waals surface area contributed by atoms with Gasteiger partial charge >= 0.3 is 0 Å². The SMILES string of the molecule is CC1(O)CCCN(S(=O)(=O)c2cc(Cl)ccc2N)CC1. The van der Waals surface area contributed by atoms with Crippen molar-refractivity contribution in [2.24, 2.45) is 0 Å². The molecule has 1 atom stereocenters. The number of nitrogens with two attached hydrogens (primary N) is 1. The van der Waals surface area contributed by atoms with E-state index in [1.165, 1.54) is 16.4 Å². The predicted octanol–water partition coefficient (Wildman–Crippen LogP) is 1.85. The highest BCUT2D eigenvalue weighted by Gasteiger charge is 2.32. The molecule has 3 N–H and O–H groups in total. The molecule has 0 bridgehead atoms. The lowest BCUT2D eigenvalue weighted by molar-refractivity contribution is 0.0465. The molecule has 112 valence electrons. The van der Waals surface area contributed by atoms with Crippen molar-refractivity contribution >= 4 is 27.3 Å². The zero-order chi connectivity index (χ0) is 15.0. The van der Waals surface area contributed by atoms with Gasteiger partial charge in [-0.15, -0.1) is 0 Å². The Morgan fingerprint density at radius 3 is 2.75 bits per heavy atom. The Morgan fingerprint density at radius 1 is 1.35 bits per heavy atom. The summed E-state index contributed by atoms with van der Waals surface area (Å²) in [6, 6.07) is 4.42. The van der Waals surface area contributed by atoms with Crippen LogP contribution in [0.2, 0.25) is 5.02 Å². The summed E-state index contributed by atoms with van der Waals surface area (Å²) >= 11 is 5.86. The molecule has 2 rings (SSSR count). The van der Waals surface area contributed by atoms with Gasteiger partial charge in [-0.05, 0) is 44.4 Å². The van der Waals surface area contributed by atoms with Gasteiger partial charge in [0.05, 0.1) is 11.3 Å². The molecule has 20 heavy (non-hydrogen) atoms. The van der Waals surface area contributed by atoms with Crippen LogP contribution in [0.4, 0.5) is 5.69 Å². The zero-order valence-electron chi connectivity index (χ0n) is 11.3. The Labute approximate surface area is 124 Å². The lowest BCUT2D eigenvalue weighted by Gasteiger charge is -2.22. The first-order chi connectivity index (χ1) is 9.22. The fourth-order valence-electron chi connectivity index (χ4n) is 2.35. The van der Waals surface area contributed by atoms with Crippen LogP contribution in [0.15, 0.2) is 23.1 Å². The molecule has 7 heteroatoms. The number of rotatable bonds is 2. The maximum Gasteiger partial charge on any atom is 0.245 e. The molecule has 1 heterocycles. The number of nitrogens with zero attached hydrogens (tertiary/aromatic N) is 1. The van der Waals surface area contributed by atoms with Gasteiger partial charge < -0.3 is 10.8 Å². The number of aliphatic hydroxyl groups is 1. The average Bonchev–Trinajstić information content (AvgIpc) is 2.53. The quantitative estimate of drug-likeness (QED) is 0.815. The van der Waals surface area contributed by atoms with Crippen LogP contribution in [0, 0.1) is 0 Å². The monoisotopic (exact) mass is 318 g/mol. The summed E-state index contributed by atoms with van der Waals surface area (Å²) < 4.78 is 26.6. The molecule has 1 aliphatic rings. The van der Waals surface area contributed by atoms with Gasteiger partial charge in [-0.2, -0.15) is 4.31 Å². The number of hydrogen-bond donors (Lipinski definition) is 2. The Hall–Kier alpha value is -0.820. The minimum absolute atomic E-state index is 0.0338. The van der Waals surface area contributed by atoms with Crippen molar-refractivity contribution in [3.8, 4) is 0 Å². The van der Waals surface area contributed by atoms with Crippen molar-refractivity contribution < 1.29 is 13.5 Å². The van der Waals surface area contributed by atoms with Gasteiger partial charge in [0.1, 0.15) is 4.90 Å². The normalized spacial score (nSPS) is 25.4. The van der Waals surface area contributed by atoms with E-state index in [-0.39, 0.29) is 17.1 Å². The summed E-state index contributed by atoms with van der Waals surface area (Å²) in [6.07, 6.45) is 1.61. The summed E-state index contributed by atoms with van der Waals surface area (Å²) in [4.78, 5) is 0.0338. The molecule has 0 amide bonds. The first kappa shape index (κ1) is 15.6. The summed E-state index contributed by atoms with van der Waals surface area (Å²) in [5.41, 5.74) is 5.13. The number of anilines is 1. The van der Waals surface area contributed by atoms with Crippen LogP contribution in [-0.2, 0) is 10.0 Å². The smallest absolute Gasteiger partial charge is 0.245 e. The van der Waals surface area contributed by atoms with E-state index in [9.17, 15) is 13.5 Å². The number of benzene rings is 1. The van der Waals surface area contributed by atoms with Gasteiger partial charge in [0.2, 0.25) is 10.0 Å². The van der Waals surface area contributed by atoms with Crippen molar-refractivity contribution in [1.82, 2.24) is 4.31 Å². The topological polar surface area (TPSA) is 83.6 Å². The highest BCUT2D eigenvalue weighted by molar-refractivity contribution is 7.89. The van der Waals surface area contributed by atoms with Crippen LogP contribution in [-0.4, -0.2) is 36.5 Å². The van der Waals surface area contributed by atoms with Gasteiger partial charge in [-0.1, -0.05) is 11.6 Å². The number of sulfonamides is 1. The molecule has 1 fully saturated rings. The summed E-state index contributed by atoms with van der Waals surface area (Å²) in [6.45, 7) is 2.39. The van der Waals surface area contributed by atoms with Crippen molar-refractivity contribution in [3.63, 3.8) is 0 Å². The van der Waals surface area contributed by atoms with Crippen molar-refractivity contribution in [3.05, 3.63) is 23.2 Å². The number of nitrogen functional groups attached to an aromatic ring is 1. The maximum absolute atomic E-state index is 12.6. The first-order valence-corrected chi connectivity index (χ1v) is 8.32. The Balaban J connectivity index is 2.33. The van der Waals surface area contributed by atoms with Gasteiger partial charge in [0.25, 0.3) is 0 Å². The molecule has 1 saturated heterocycles. The van der Waals surface area contributed by atoms with Crippen molar-refractivity contribution in [1.29, 1.82) is 0 Å². The molecule has 5 nitrogen and oxygen atoms in total. The fraction of sp³-hybridized carbons (Fsp3) is 0.538. The van der Waals surface area contributed by atoms with Crippen molar-refractivity contribution in [2.75, 3.05) is 18.8 Å². The van der Waals surface area contributed by atoms with Crippen LogP contribution in [0.5, 0.6) is 0 Å².